The van der Waals surface area contributed by atoms with E-state index in [0.29, 0.717) is 23.2 Å². The summed E-state index contributed by atoms with van der Waals surface area (Å²) in [5.41, 5.74) is 1.54. The molecule has 28 heavy (non-hydrogen) atoms. The topological polar surface area (TPSA) is 87.3 Å². The van der Waals surface area contributed by atoms with E-state index in [1.807, 2.05) is 0 Å². The van der Waals surface area contributed by atoms with Gasteiger partial charge in [-0.3, -0.25) is 14.4 Å². The number of benzene rings is 2. The van der Waals surface area contributed by atoms with E-state index in [2.05, 4.69) is 21.9 Å². The van der Waals surface area contributed by atoms with Gasteiger partial charge in [0.25, 0.3) is 5.91 Å². The summed E-state index contributed by atoms with van der Waals surface area (Å²) in [5.74, 6) is 1.05. The molecule has 6 nitrogen and oxygen atoms in total. The lowest BCUT2D eigenvalue weighted by Crippen LogP contribution is -2.33. The third kappa shape index (κ3) is 6.92. The Morgan fingerprint density at radius 3 is 2.46 bits per heavy atom. The highest BCUT2D eigenvalue weighted by molar-refractivity contribution is 5.95. The molecule has 0 bridgehead atoms. The zero-order chi connectivity index (χ0) is 20.4. The van der Waals surface area contributed by atoms with Crippen molar-refractivity contribution in [2.75, 3.05) is 18.4 Å². The van der Waals surface area contributed by atoms with Crippen LogP contribution < -0.4 is 16.0 Å². The average Bonchev–Trinajstić information content (AvgIpc) is 2.70. The van der Waals surface area contributed by atoms with Crippen LogP contribution in [-0.2, 0) is 9.59 Å². The van der Waals surface area contributed by atoms with Crippen LogP contribution in [0.2, 0.25) is 0 Å². The van der Waals surface area contributed by atoms with Gasteiger partial charge in [-0.15, -0.1) is 6.42 Å². The number of carbonyl (C=O) groups excluding carboxylic acids is 3. The molecule has 0 atom stereocenters. The predicted molar refractivity (Wildman–Crippen MR) is 104 cm³/mol. The van der Waals surface area contributed by atoms with Crippen molar-refractivity contribution in [3.05, 3.63) is 65.5 Å². The highest BCUT2D eigenvalue weighted by atomic mass is 19.1. The molecule has 0 aliphatic heterocycles. The number of hydrogen-bond donors (Lipinski definition) is 3. The maximum Gasteiger partial charge on any atom is 0.251 e. The quantitative estimate of drug-likeness (QED) is 0.483. The molecule has 2 aromatic rings. The Labute approximate surface area is 162 Å². The van der Waals surface area contributed by atoms with Crippen LogP contribution in [0.25, 0.3) is 0 Å². The van der Waals surface area contributed by atoms with Gasteiger partial charge in [0.05, 0.1) is 6.54 Å². The molecule has 0 radical (unpaired) electrons. The number of terminal acetylenes is 1. The van der Waals surface area contributed by atoms with Crippen LogP contribution in [0.15, 0.2) is 48.5 Å². The Morgan fingerprint density at radius 2 is 1.75 bits per heavy atom. The van der Waals surface area contributed by atoms with Crippen LogP contribution in [0.5, 0.6) is 0 Å². The van der Waals surface area contributed by atoms with Crippen molar-refractivity contribution in [1.82, 2.24) is 10.6 Å². The smallest absolute Gasteiger partial charge is 0.251 e. The molecular formula is C21H20FN3O3. The summed E-state index contributed by atoms with van der Waals surface area (Å²) in [7, 11) is 0. The zero-order valence-corrected chi connectivity index (χ0v) is 15.1. The van der Waals surface area contributed by atoms with Crippen molar-refractivity contribution in [3.63, 3.8) is 0 Å². The summed E-state index contributed by atoms with van der Waals surface area (Å²) in [6.07, 6.45) is 5.87. The molecule has 0 saturated carbocycles. The fraction of sp³-hybridized carbons (Fsp3) is 0.190. The summed E-state index contributed by atoms with van der Waals surface area (Å²) in [6, 6.07) is 12.0. The van der Waals surface area contributed by atoms with Crippen LogP contribution in [0.1, 0.15) is 28.8 Å². The first-order valence-electron chi connectivity index (χ1n) is 8.65. The van der Waals surface area contributed by atoms with Crippen molar-refractivity contribution >= 4 is 23.4 Å². The summed E-state index contributed by atoms with van der Waals surface area (Å²) in [4.78, 5) is 35.5. The molecule has 0 heterocycles. The predicted octanol–water partition coefficient (Wildman–Crippen LogP) is 2.07. The van der Waals surface area contributed by atoms with Crippen LogP contribution in [-0.4, -0.2) is 30.8 Å². The number of hydrogen-bond acceptors (Lipinski definition) is 3. The summed E-state index contributed by atoms with van der Waals surface area (Å²) < 4.78 is 12.8. The van der Waals surface area contributed by atoms with Gasteiger partial charge in [-0.25, -0.2) is 4.39 Å². The Hall–Kier alpha value is -3.66. The maximum absolute atomic E-state index is 12.8. The second-order valence-electron chi connectivity index (χ2n) is 5.92. The van der Waals surface area contributed by atoms with E-state index in [0.717, 1.165) is 0 Å². The Morgan fingerprint density at radius 1 is 1.00 bits per heavy atom. The van der Waals surface area contributed by atoms with Crippen molar-refractivity contribution in [2.24, 2.45) is 0 Å². The standard InChI is InChI=1S/C21H20FN3O3/c1-2-15-5-3-6-18(13-15)25-20(27)14-24-19(26)7-4-12-23-21(28)16-8-10-17(22)11-9-16/h1,3,5-6,8-11,13H,4,7,12,14H2,(H,23,28)(H,24,26)(H,25,27). The van der Waals surface area contributed by atoms with Gasteiger partial charge in [0.15, 0.2) is 0 Å². The lowest BCUT2D eigenvalue weighted by molar-refractivity contribution is -0.124. The number of halogens is 1. The minimum absolute atomic E-state index is 0.156. The number of anilines is 1. The van der Waals surface area contributed by atoms with Crippen LogP contribution in [0.3, 0.4) is 0 Å². The van der Waals surface area contributed by atoms with Crippen molar-refractivity contribution in [1.29, 1.82) is 0 Å². The van der Waals surface area contributed by atoms with Gasteiger partial charge >= 0.3 is 0 Å². The van der Waals surface area contributed by atoms with E-state index in [4.69, 9.17) is 6.42 Å². The molecular weight excluding hydrogens is 361 g/mol. The van der Waals surface area contributed by atoms with Crippen molar-refractivity contribution in [3.8, 4) is 12.3 Å². The summed E-state index contributed by atoms with van der Waals surface area (Å²) >= 11 is 0. The van der Waals surface area contributed by atoms with Gasteiger partial charge < -0.3 is 16.0 Å². The molecule has 7 heteroatoms. The lowest BCUT2D eigenvalue weighted by Gasteiger charge is -2.08. The molecule has 3 N–H and O–H groups in total. The van der Waals surface area contributed by atoms with Gasteiger partial charge in [0.1, 0.15) is 5.82 Å². The first kappa shape index (κ1) is 20.6. The van der Waals surface area contributed by atoms with Gasteiger partial charge in [0, 0.05) is 29.8 Å². The molecule has 0 unspecified atom stereocenters. The molecule has 0 spiro atoms. The van der Waals surface area contributed by atoms with E-state index >= 15 is 0 Å². The maximum atomic E-state index is 12.8. The third-order valence-corrected chi connectivity index (χ3v) is 3.73. The van der Waals surface area contributed by atoms with Crippen molar-refractivity contribution < 1.29 is 18.8 Å². The number of rotatable bonds is 8. The van der Waals surface area contributed by atoms with Crippen LogP contribution in [0.4, 0.5) is 10.1 Å². The molecule has 0 fully saturated rings. The Bertz CT molecular complexity index is 889. The van der Waals surface area contributed by atoms with Crippen LogP contribution in [0, 0.1) is 18.2 Å². The molecule has 0 aromatic heterocycles. The zero-order valence-electron chi connectivity index (χ0n) is 15.1. The summed E-state index contributed by atoms with van der Waals surface area (Å²) in [5, 5.41) is 7.80. The Balaban J connectivity index is 1.63. The SMILES string of the molecule is C#Cc1cccc(NC(=O)CNC(=O)CCCNC(=O)c2ccc(F)cc2)c1. The number of nitrogens with one attached hydrogen (secondary N) is 3. The van der Waals surface area contributed by atoms with E-state index in [-0.39, 0.29) is 37.2 Å². The molecule has 2 aromatic carbocycles. The van der Waals surface area contributed by atoms with E-state index in [9.17, 15) is 18.8 Å². The van der Waals surface area contributed by atoms with E-state index in [1.165, 1.54) is 24.3 Å². The largest absolute Gasteiger partial charge is 0.352 e. The Kier molecular flexibility index (Phi) is 7.73. The molecule has 2 rings (SSSR count). The van der Waals surface area contributed by atoms with Gasteiger partial charge in [0.2, 0.25) is 11.8 Å². The second-order valence-corrected chi connectivity index (χ2v) is 5.92. The minimum atomic E-state index is -0.416. The van der Waals surface area contributed by atoms with Gasteiger partial charge in [-0.1, -0.05) is 12.0 Å². The highest BCUT2D eigenvalue weighted by Gasteiger charge is 2.08. The fourth-order valence-corrected chi connectivity index (χ4v) is 2.31. The van der Waals surface area contributed by atoms with E-state index < -0.39 is 5.82 Å². The van der Waals surface area contributed by atoms with E-state index in [1.54, 1.807) is 24.3 Å². The second kappa shape index (κ2) is 10.5. The van der Waals surface area contributed by atoms with Gasteiger partial charge in [-0.05, 0) is 48.9 Å². The lowest BCUT2D eigenvalue weighted by atomic mass is 10.2. The minimum Gasteiger partial charge on any atom is -0.352 e. The summed E-state index contributed by atoms with van der Waals surface area (Å²) in [6.45, 7) is 0.121. The normalized spacial score (nSPS) is 9.86. The molecule has 0 aliphatic rings. The molecule has 144 valence electrons. The van der Waals surface area contributed by atoms with Gasteiger partial charge in [-0.2, -0.15) is 0 Å². The first-order valence-corrected chi connectivity index (χ1v) is 8.65. The molecule has 3 amide bonds. The highest BCUT2D eigenvalue weighted by Crippen LogP contribution is 2.09. The van der Waals surface area contributed by atoms with Crippen molar-refractivity contribution in [2.45, 2.75) is 12.8 Å². The molecule has 0 saturated heterocycles. The number of amides is 3. The average molecular weight is 381 g/mol. The van der Waals surface area contributed by atoms with Crippen LogP contribution >= 0.6 is 0 Å². The monoisotopic (exact) mass is 381 g/mol. The molecule has 0 aliphatic carbocycles. The fourth-order valence-electron chi connectivity index (χ4n) is 2.31. The first-order chi connectivity index (χ1) is 13.5. The number of carbonyl (C=O) groups is 3. The third-order valence-electron chi connectivity index (χ3n) is 3.73.